The summed E-state index contributed by atoms with van der Waals surface area (Å²) in [6.07, 6.45) is 10.2. The molecule has 1 aliphatic carbocycles. The summed E-state index contributed by atoms with van der Waals surface area (Å²) in [6.45, 7) is 2.26. The van der Waals surface area contributed by atoms with Gasteiger partial charge in [0, 0.05) is 19.2 Å². The molecular formula is C24H32N2O. The van der Waals surface area contributed by atoms with Gasteiger partial charge in [-0.15, -0.1) is 0 Å². The number of carbonyl (C=O) groups excluding carboxylic acids is 1. The highest BCUT2D eigenvalue weighted by molar-refractivity contribution is 5.79. The van der Waals surface area contributed by atoms with Crippen LogP contribution >= 0.6 is 0 Å². The highest BCUT2D eigenvalue weighted by Gasteiger charge is 2.32. The molecule has 0 radical (unpaired) electrons. The quantitative estimate of drug-likeness (QED) is 0.638. The van der Waals surface area contributed by atoms with Crippen LogP contribution in [-0.4, -0.2) is 22.8 Å². The number of carbonyl (C=O) groups is 1. The van der Waals surface area contributed by atoms with Gasteiger partial charge in [0.1, 0.15) is 0 Å². The molecule has 3 heteroatoms. The van der Waals surface area contributed by atoms with Crippen LogP contribution in [0.15, 0.2) is 54.7 Å². The standard InChI is InChI=1S/C24H32N2O/c1-3-4-10-19-14-16-21(17-15-19)24(27)26(2)23(20-11-6-5-7-12-20)22-13-8-9-18-25-22/h5-9,11-13,18-19,21,23H,3-4,10,14-17H2,1-2H3. The number of unbranched alkanes of at least 4 members (excludes halogenated alkanes) is 1. The third-order valence-corrected chi connectivity index (χ3v) is 5.98. The third-order valence-electron chi connectivity index (χ3n) is 5.98. The molecule has 1 unspecified atom stereocenters. The molecule has 27 heavy (non-hydrogen) atoms. The number of pyridine rings is 1. The Morgan fingerprint density at radius 2 is 1.78 bits per heavy atom. The van der Waals surface area contributed by atoms with Gasteiger partial charge in [0.2, 0.25) is 5.91 Å². The van der Waals surface area contributed by atoms with Crippen LogP contribution in [0.2, 0.25) is 0 Å². The minimum atomic E-state index is -0.127. The lowest BCUT2D eigenvalue weighted by Gasteiger charge is -2.34. The summed E-state index contributed by atoms with van der Waals surface area (Å²) in [4.78, 5) is 19.8. The monoisotopic (exact) mass is 364 g/mol. The number of aromatic nitrogens is 1. The van der Waals surface area contributed by atoms with Gasteiger partial charge in [-0.25, -0.2) is 0 Å². The van der Waals surface area contributed by atoms with Crippen LogP contribution in [-0.2, 0) is 4.79 Å². The lowest BCUT2D eigenvalue weighted by Crippen LogP contribution is -2.38. The van der Waals surface area contributed by atoms with E-state index < -0.39 is 0 Å². The van der Waals surface area contributed by atoms with Gasteiger partial charge in [0.05, 0.1) is 11.7 Å². The van der Waals surface area contributed by atoms with Crippen molar-refractivity contribution in [1.82, 2.24) is 9.88 Å². The Bertz CT molecular complexity index is 653. The molecule has 2 aromatic rings. The van der Waals surface area contributed by atoms with Crippen molar-refractivity contribution in [2.45, 2.75) is 57.9 Å². The van der Waals surface area contributed by atoms with Crippen LogP contribution < -0.4 is 0 Å². The molecule has 1 heterocycles. The Kier molecular flexibility index (Phi) is 7.03. The first-order valence-electron chi connectivity index (χ1n) is 10.4. The maximum atomic E-state index is 13.3. The van der Waals surface area contributed by atoms with E-state index in [0.29, 0.717) is 0 Å². The number of benzene rings is 1. The Balaban J connectivity index is 1.73. The van der Waals surface area contributed by atoms with Gasteiger partial charge >= 0.3 is 0 Å². The second-order valence-electron chi connectivity index (χ2n) is 7.88. The van der Waals surface area contributed by atoms with Crippen molar-refractivity contribution in [3.8, 4) is 0 Å². The first-order valence-corrected chi connectivity index (χ1v) is 10.4. The van der Waals surface area contributed by atoms with E-state index in [9.17, 15) is 4.79 Å². The van der Waals surface area contributed by atoms with Crippen LogP contribution in [0.25, 0.3) is 0 Å². The summed E-state index contributed by atoms with van der Waals surface area (Å²) in [5.74, 6) is 1.24. The first kappa shape index (κ1) is 19.6. The van der Waals surface area contributed by atoms with E-state index in [1.165, 1.54) is 32.1 Å². The van der Waals surface area contributed by atoms with Crippen molar-refractivity contribution >= 4 is 5.91 Å². The molecule has 0 spiro atoms. The van der Waals surface area contributed by atoms with E-state index in [1.807, 2.05) is 54.5 Å². The van der Waals surface area contributed by atoms with Gasteiger partial charge in [-0.1, -0.05) is 62.6 Å². The summed E-state index contributed by atoms with van der Waals surface area (Å²) >= 11 is 0. The van der Waals surface area contributed by atoms with Crippen LogP contribution in [0.3, 0.4) is 0 Å². The Morgan fingerprint density at radius 3 is 2.41 bits per heavy atom. The Labute approximate surface area is 163 Å². The van der Waals surface area contributed by atoms with E-state index in [2.05, 4.69) is 24.0 Å². The zero-order valence-electron chi connectivity index (χ0n) is 16.7. The van der Waals surface area contributed by atoms with Crippen molar-refractivity contribution in [2.75, 3.05) is 7.05 Å². The van der Waals surface area contributed by atoms with E-state index in [1.54, 1.807) is 0 Å². The summed E-state index contributed by atoms with van der Waals surface area (Å²) in [6, 6.07) is 16.1. The topological polar surface area (TPSA) is 33.2 Å². The molecule has 1 aromatic carbocycles. The molecule has 1 aliphatic rings. The fourth-order valence-electron chi connectivity index (χ4n) is 4.37. The van der Waals surface area contributed by atoms with E-state index in [0.717, 1.165) is 30.0 Å². The van der Waals surface area contributed by atoms with Crippen LogP contribution in [0.4, 0.5) is 0 Å². The third kappa shape index (κ3) is 4.97. The number of hydrogen-bond acceptors (Lipinski definition) is 2. The SMILES string of the molecule is CCCCC1CCC(C(=O)N(C)C(c2ccccc2)c2ccccn2)CC1. The highest BCUT2D eigenvalue weighted by Crippen LogP contribution is 2.35. The summed E-state index contributed by atoms with van der Waals surface area (Å²) in [7, 11) is 1.94. The van der Waals surface area contributed by atoms with Crippen LogP contribution in [0.1, 0.15) is 69.2 Å². The molecule has 0 saturated heterocycles. The summed E-state index contributed by atoms with van der Waals surface area (Å²) < 4.78 is 0. The van der Waals surface area contributed by atoms with Crippen molar-refractivity contribution in [1.29, 1.82) is 0 Å². The Hall–Kier alpha value is -2.16. The van der Waals surface area contributed by atoms with E-state index >= 15 is 0 Å². The van der Waals surface area contributed by atoms with Crippen molar-refractivity contribution in [2.24, 2.45) is 11.8 Å². The molecule has 1 saturated carbocycles. The maximum Gasteiger partial charge on any atom is 0.226 e. The number of hydrogen-bond donors (Lipinski definition) is 0. The predicted octanol–water partition coefficient (Wildman–Crippen LogP) is 5.63. The molecule has 3 nitrogen and oxygen atoms in total. The zero-order chi connectivity index (χ0) is 19.1. The molecule has 1 amide bonds. The number of rotatable bonds is 7. The van der Waals surface area contributed by atoms with Gasteiger partial charge in [0.25, 0.3) is 0 Å². The van der Waals surface area contributed by atoms with Crippen molar-refractivity contribution in [3.63, 3.8) is 0 Å². The molecular weight excluding hydrogens is 332 g/mol. The fraction of sp³-hybridized carbons (Fsp3) is 0.500. The lowest BCUT2D eigenvalue weighted by molar-refractivity contribution is -0.137. The van der Waals surface area contributed by atoms with Gasteiger partial charge in [-0.05, 0) is 49.3 Å². The second kappa shape index (κ2) is 9.68. The molecule has 1 aromatic heterocycles. The largest absolute Gasteiger partial charge is 0.333 e. The normalized spacial score (nSPS) is 20.8. The maximum absolute atomic E-state index is 13.3. The van der Waals surface area contributed by atoms with Crippen molar-refractivity contribution < 1.29 is 4.79 Å². The molecule has 1 fully saturated rings. The zero-order valence-corrected chi connectivity index (χ0v) is 16.7. The average Bonchev–Trinajstić information content (AvgIpc) is 2.74. The molecule has 0 aliphatic heterocycles. The Morgan fingerprint density at radius 1 is 1.07 bits per heavy atom. The molecule has 3 rings (SSSR count). The molecule has 0 bridgehead atoms. The predicted molar refractivity (Wildman–Crippen MR) is 110 cm³/mol. The van der Waals surface area contributed by atoms with Crippen LogP contribution in [0.5, 0.6) is 0 Å². The van der Waals surface area contributed by atoms with Gasteiger partial charge in [0.15, 0.2) is 0 Å². The highest BCUT2D eigenvalue weighted by atomic mass is 16.2. The van der Waals surface area contributed by atoms with Gasteiger partial charge in [-0.3, -0.25) is 9.78 Å². The molecule has 144 valence electrons. The number of nitrogens with zero attached hydrogens (tertiary/aromatic N) is 2. The van der Waals surface area contributed by atoms with Gasteiger partial charge < -0.3 is 4.90 Å². The van der Waals surface area contributed by atoms with Crippen molar-refractivity contribution in [3.05, 3.63) is 66.0 Å². The van der Waals surface area contributed by atoms with E-state index in [4.69, 9.17) is 0 Å². The lowest BCUT2D eigenvalue weighted by atomic mass is 9.79. The van der Waals surface area contributed by atoms with E-state index in [-0.39, 0.29) is 17.9 Å². The fourth-order valence-corrected chi connectivity index (χ4v) is 4.37. The summed E-state index contributed by atoms with van der Waals surface area (Å²) in [5, 5.41) is 0. The second-order valence-corrected chi connectivity index (χ2v) is 7.88. The minimum absolute atomic E-state index is 0.127. The van der Waals surface area contributed by atoms with Crippen LogP contribution in [0, 0.1) is 11.8 Å². The first-order chi connectivity index (χ1) is 13.2. The molecule has 1 atom stereocenters. The minimum Gasteiger partial charge on any atom is -0.333 e. The summed E-state index contributed by atoms with van der Waals surface area (Å²) in [5.41, 5.74) is 2.04. The van der Waals surface area contributed by atoms with Gasteiger partial charge in [-0.2, -0.15) is 0 Å². The number of amides is 1. The smallest absolute Gasteiger partial charge is 0.226 e. The average molecular weight is 365 g/mol. The molecule has 0 N–H and O–H groups in total.